The van der Waals surface area contributed by atoms with Crippen LogP contribution in [0.3, 0.4) is 0 Å². The fraction of sp³-hybridized carbons (Fsp3) is 0.438. The van der Waals surface area contributed by atoms with E-state index in [1.54, 1.807) is 0 Å². The molecule has 0 bridgehead atoms. The monoisotopic (exact) mass is 307 g/mol. The van der Waals surface area contributed by atoms with Gasteiger partial charge in [0.1, 0.15) is 5.75 Å². The molecule has 2 aromatic rings. The van der Waals surface area contributed by atoms with Crippen LogP contribution in [0.5, 0.6) is 5.75 Å². The van der Waals surface area contributed by atoms with Crippen molar-refractivity contribution in [1.29, 1.82) is 0 Å². The summed E-state index contributed by atoms with van der Waals surface area (Å²) in [5, 5.41) is 8.42. The van der Waals surface area contributed by atoms with E-state index in [1.165, 1.54) is 0 Å². The van der Waals surface area contributed by atoms with Gasteiger partial charge in [0.15, 0.2) is 0 Å². The van der Waals surface area contributed by atoms with Gasteiger partial charge in [-0.05, 0) is 37.1 Å². The molecule has 0 saturated carbocycles. The first kappa shape index (κ1) is 15.7. The number of hydrogen-bond donors (Lipinski definition) is 1. The van der Waals surface area contributed by atoms with Crippen LogP contribution in [0.4, 0.5) is 5.69 Å². The van der Waals surface area contributed by atoms with E-state index in [0.29, 0.717) is 18.2 Å². The summed E-state index contributed by atoms with van der Waals surface area (Å²) in [5.74, 6) is 0.836. The van der Waals surface area contributed by atoms with E-state index < -0.39 is 0 Å². The molecule has 1 aromatic carbocycles. The minimum atomic E-state index is 0.697. The molecule has 0 spiro atoms. The maximum absolute atomic E-state index is 6.08. The van der Waals surface area contributed by atoms with Gasteiger partial charge >= 0.3 is 0 Å². The second-order valence-corrected chi connectivity index (χ2v) is 5.32. The first-order valence-corrected chi connectivity index (χ1v) is 7.79. The number of ether oxygens (including phenoxy) is 1. The number of hydrogen-bond acceptors (Lipinski definition) is 3. The lowest BCUT2D eigenvalue weighted by Crippen LogP contribution is -2.09. The molecule has 0 atom stereocenters. The van der Waals surface area contributed by atoms with Crippen molar-refractivity contribution < 1.29 is 4.74 Å². The van der Waals surface area contributed by atoms with Crippen molar-refractivity contribution in [3.05, 3.63) is 41.2 Å². The molecule has 1 aromatic heterocycles. The summed E-state index contributed by atoms with van der Waals surface area (Å²) in [6.07, 6.45) is 3.88. The zero-order valence-corrected chi connectivity index (χ0v) is 13.4. The topological polar surface area (TPSA) is 39.1 Å². The number of halogens is 1. The molecule has 21 heavy (non-hydrogen) atoms. The van der Waals surface area contributed by atoms with Crippen molar-refractivity contribution in [1.82, 2.24) is 9.78 Å². The molecule has 0 unspecified atom stereocenters. The Morgan fingerprint density at radius 1 is 1.24 bits per heavy atom. The lowest BCUT2D eigenvalue weighted by Gasteiger charge is -2.14. The molecular weight excluding hydrogens is 286 g/mol. The summed E-state index contributed by atoms with van der Waals surface area (Å²) in [4.78, 5) is 0. The normalized spacial score (nSPS) is 10.6. The fourth-order valence-corrected chi connectivity index (χ4v) is 2.26. The highest BCUT2D eigenvalue weighted by molar-refractivity contribution is 6.30. The largest absolute Gasteiger partial charge is 0.491 e. The van der Waals surface area contributed by atoms with Crippen LogP contribution in [-0.4, -0.2) is 16.4 Å². The quantitative estimate of drug-likeness (QED) is 0.788. The van der Waals surface area contributed by atoms with Crippen LogP contribution in [-0.2, 0) is 13.1 Å². The van der Waals surface area contributed by atoms with Gasteiger partial charge < -0.3 is 10.1 Å². The lowest BCUT2D eigenvalue weighted by molar-refractivity contribution is 0.319. The van der Waals surface area contributed by atoms with E-state index in [0.717, 1.165) is 36.5 Å². The van der Waals surface area contributed by atoms with Crippen LogP contribution >= 0.6 is 11.6 Å². The Kier molecular flexibility index (Phi) is 5.93. The van der Waals surface area contributed by atoms with Crippen LogP contribution < -0.4 is 10.1 Å². The minimum absolute atomic E-state index is 0.697. The number of nitrogens with zero attached hydrogens (tertiary/aromatic N) is 2. The zero-order valence-electron chi connectivity index (χ0n) is 12.6. The molecule has 5 heteroatoms. The maximum Gasteiger partial charge on any atom is 0.142 e. The molecule has 0 saturated heterocycles. The number of nitrogens with one attached hydrogen (secondary N) is 1. The van der Waals surface area contributed by atoms with Gasteiger partial charge in [0.25, 0.3) is 0 Å². The number of aromatic nitrogens is 2. The number of rotatable bonds is 8. The highest BCUT2D eigenvalue weighted by Crippen LogP contribution is 2.28. The predicted octanol–water partition coefficient (Wildman–Crippen LogP) is 4.35. The van der Waals surface area contributed by atoms with Gasteiger partial charge in [0, 0.05) is 17.8 Å². The Balaban J connectivity index is 2.07. The van der Waals surface area contributed by atoms with E-state index in [4.69, 9.17) is 16.3 Å². The van der Waals surface area contributed by atoms with Crippen molar-refractivity contribution in [2.24, 2.45) is 0 Å². The van der Waals surface area contributed by atoms with Crippen LogP contribution in [0, 0.1) is 0 Å². The van der Waals surface area contributed by atoms with Crippen LogP contribution in [0.15, 0.2) is 30.5 Å². The Morgan fingerprint density at radius 3 is 2.86 bits per heavy atom. The molecule has 0 aliphatic heterocycles. The first-order chi connectivity index (χ1) is 10.2. The molecule has 1 N–H and O–H groups in total. The Bertz CT molecular complexity index is 568. The third-order valence-corrected chi connectivity index (χ3v) is 3.34. The van der Waals surface area contributed by atoms with Gasteiger partial charge in [-0.2, -0.15) is 5.10 Å². The van der Waals surface area contributed by atoms with E-state index in [2.05, 4.69) is 24.3 Å². The van der Waals surface area contributed by atoms with Gasteiger partial charge in [-0.25, -0.2) is 0 Å². The third-order valence-electron chi connectivity index (χ3n) is 3.10. The minimum Gasteiger partial charge on any atom is -0.491 e. The van der Waals surface area contributed by atoms with E-state index in [1.807, 2.05) is 35.1 Å². The molecule has 0 radical (unpaired) electrons. The van der Waals surface area contributed by atoms with Crippen LogP contribution in [0.1, 0.15) is 32.4 Å². The van der Waals surface area contributed by atoms with Gasteiger partial charge in [-0.15, -0.1) is 0 Å². The van der Waals surface area contributed by atoms with Gasteiger partial charge in [-0.1, -0.05) is 25.4 Å². The first-order valence-electron chi connectivity index (χ1n) is 7.41. The molecule has 0 aliphatic carbocycles. The van der Waals surface area contributed by atoms with Gasteiger partial charge in [-0.3, -0.25) is 4.68 Å². The summed E-state index contributed by atoms with van der Waals surface area (Å²) in [6, 6.07) is 7.68. The molecule has 2 rings (SSSR count). The lowest BCUT2D eigenvalue weighted by atomic mass is 10.2. The van der Waals surface area contributed by atoms with E-state index in [-0.39, 0.29) is 0 Å². The Morgan fingerprint density at radius 2 is 2.10 bits per heavy atom. The molecular formula is C16H22ClN3O. The second kappa shape index (κ2) is 7.93. The summed E-state index contributed by atoms with van der Waals surface area (Å²) in [6.45, 7) is 6.56. The standard InChI is InChI=1S/C16H22ClN3O/c1-3-9-20-14(7-8-19-20)12-18-15-11-13(17)5-6-16(15)21-10-4-2/h5-8,11,18H,3-4,9-10,12H2,1-2H3. The SMILES string of the molecule is CCCOc1ccc(Cl)cc1NCc1ccnn1CCC. The highest BCUT2D eigenvalue weighted by Gasteiger charge is 2.07. The van der Waals surface area contributed by atoms with Gasteiger partial charge in [0.2, 0.25) is 0 Å². The summed E-state index contributed by atoms with van der Waals surface area (Å²) in [5.41, 5.74) is 2.07. The molecule has 114 valence electrons. The van der Waals surface area contributed by atoms with Crippen molar-refractivity contribution in [3.8, 4) is 5.75 Å². The van der Waals surface area contributed by atoms with Crippen molar-refractivity contribution in [3.63, 3.8) is 0 Å². The maximum atomic E-state index is 6.08. The number of benzene rings is 1. The molecule has 4 nitrogen and oxygen atoms in total. The van der Waals surface area contributed by atoms with E-state index >= 15 is 0 Å². The average molecular weight is 308 g/mol. The van der Waals surface area contributed by atoms with Crippen LogP contribution in [0.25, 0.3) is 0 Å². The molecule has 0 amide bonds. The predicted molar refractivity (Wildman–Crippen MR) is 87.1 cm³/mol. The molecule has 0 fully saturated rings. The smallest absolute Gasteiger partial charge is 0.142 e. The zero-order chi connectivity index (χ0) is 15.1. The average Bonchev–Trinajstić information content (AvgIpc) is 2.92. The summed E-state index contributed by atoms with van der Waals surface area (Å²) >= 11 is 6.08. The Labute approximate surface area is 131 Å². The molecule has 0 aliphatic rings. The van der Waals surface area contributed by atoms with Crippen molar-refractivity contribution >= 4 is 17.3 Å². The van der Waals surface area contributed by atoms with Crippen LogP contribution in [0.2, 0.25) is 5.02 Å². The fourth-order valence-electron chi connectivity index (χ4n) is 2.09. The third kappa shape index (κ3) is 4.39. The number of aryl methyl sites for hydroxylation is 1. The Hall–Kier alpha value is -1.68. The van der Waals surface area contributed by atoms with Crippen molar-refractivity contribution in [2.45, 2.75) is 39.8 Å². The number of anilines is 1. The second-order valence-electron chi connectivity index (χ2n) is 4.89. The van der Waals surface area contributed by atoms with Crippen molar-refractivity contribution in [2.75, 3.05) is 11.9 Å². The van der Waals surface area contributed by atoms with E-state index in [9.17, 15) is 0 Å². The molecule has 1 heterocycles. The summed E-state index contributed by atoms with van der Waals surface area (Å²) < 4.78 is 7.76. The summed E-state index contributed by atoms with van der Waals surface area (Å²) in [7, 11) is 0. The highest BCUT2D eigenvalue weighted by atomic mass is 35.5. The van der Waals surface area contributed by atoms with Gasteiger partial charge in [0.05, 0.1) is 24.5 Å².